The van der Waals surface area contributed by atoms with E-state index in [1.165, 1.54) is 42.0 Å². The molecule has 1 saturated carbocycles. The molecule has 2 aromatic rings. The molecule has 1 aliphatic rings. The molecule has 0 bridgehead atoms. The second kappa shape index (κ2) is 6.48. The molecule has 2 aromatic carbocycles. The normalized spacial score (nSPS) is 22.4. The van der Waals surface area contributed by atoms with Gasteiger partial charge in [0.15, 0.2) is 0 Å². The summed E-state index contributed by atoms with van der Waals surface area (Å²) in [7, 11) is 1.99. The van der Waals surface area contributed by atoms with Gasteiger partial charge >= 0.3 is 0 Å². The predicted octanol–water partition coefficient (Wildman–Crippen LogP) is 4.52. The van der Waals surface area contributed by atoms with E-state index < -0.39 is 0 Å². The van der Waals surface area contributed by atoms with Crippen molar-refractivity contribution in [2.24, 2.45) is 5.92 Å². The average molecular weight is 283 g/mol. The fraction of sp³-hybridized carbons (Fsp3) is 0.474. The smallest absolute Gasteiger partial charge is 0.124 e. The van der Waals surface area contributed by atoms with E-state index in [0.29, 0.717) is 6.10 Å². The van der Waals surface area contributed by atoms with Crippen LogP contribution in [0, 0.1) is 5.92 Å². The van der Waals surface area contributed by atoms with Gasteiger partial charge in [0.2, 0.25) is 0 Å². The molecule has 0 aromatic heterocycles. The zero-order chi connectivity index (χ0) is 14.7. The quantitative estimate of drug-likeness (QED) is 0.891. The third-order valence-electron chi connectivity index (χ3n) is 4.61. The first-order valence-corrected chi connectivity index (χ1v) is 8.10. The molecule has 0 atom stereocenters. The topological polar surface area (TPSA) is 21.3 Å². The van der Waals surface area contributed by atoms with Gasteiger partial charge in [-0.25, -0.2) is 0 Å². The van der Waals surface area contributed by atoms with E-state index >= 15 is 0 Å². The lowest BCUT2D eigenvalue weighted by Crippen LogP contribution is -2.24. The van der Waals surface area contributed by atoms with E-state index in [1.807, 2.05) is 7.05 Å². The Bertz CT molecular complexity index is 600. The number of nitrogens with one attached hydrogen (secondary N) is 1. The summed E-state index contributed by atoms with van der Waals surface area (Å²) in [5, 5.41) is 5.87. The largest absolute Gasteiger partial charge is 0.490 e. The van der Waals surface area contributed by atoms with E-state index in [2.05, 4.69) is 48.6 Å². The van der Waals surface area contributed by atoms with E-state index in [0.717, 1.165) is 18.2 Å². The summed E-state index contributed by atoms with van der Waals surface area (Å²) in [6, 6.07) is 12.9. The molecule has 3 rings (SSSR count). The molecule has 112 valence electrons. The van der Waals surface area contributed by atoms with Gasteiger partial charge < -0.3 is 10.1 Å². The molecule has 1 N–H and O–H groups in total. The Balaban J connectivity index is 1.88. The lowest BCUT2D eigenvalue weighted by atomic mass is 9.89. The van der Waals surface area contributed by atoms with Crippen molar-refractivity contribution in [1.82, 2.24) is 5.32 Å². The molecule has 0 amide bonds. The SMILES string of the molecule is CNCc1c(OC2CCC(C)CC2)ccc2ccccc12. The van der Waals surface area contributed by atoms with Crippen LogP contribution in [0.4, 0.5) is 0 Å². The number of rotatable bonds is 4. The van der Waals surface area contributed by atoms with Gasteiger partial charge in [0.25, 0.3) is 0 Å². The number of ether oxygens (including phenoxy) is 1. The molecule has 0 spiro atoms. The molecule has 21 heavy (non-hydrogen) atoms. The summed E-state index contributed by atoms with van der Waals surface area (Å²) in [6.45, 7) is 3.19. The van der Waals surface area contributed by atoms with E-state index in [1.54, 1.807) is 0 Å². The Hall–Kier alpha value is -1.54. The third kappa shape index (κ3) is 3.21. The van der Waals surface area contributed by atoms with Gasteiger partial charge in [0.1, 0.15) is 5.75 Å². The maximum Gasteiger partial charge on any atom is 0.124 e. The van der Waals surface area contributed by atoms with Gasteiger partial charge in [-0.1, -0.05) is 37.3 Å². The molecule has 0 unspecified atom stereocenters. The van der Waals surface area contributed by atoms with Crippen LogP contribution < -0.4 is 10.1 Å². The fourth-order valence-electron chi connectivity index (χ4n) is 3.31. The Morgan fingerprint density at radius 2 is 1.81 bits per heavy atom. The van der Waals surface area contributed by atoms with Gasteiger partial charge in [-0.2, -0.15) is 0 Å². The lowest BCUT2D eigenvalue weighted by molar-refractivity contribution is 0.134. The van der Waals surface area contributed by atoms with Crippen LogP contribution in [0.15, 0.2) is 36.4 Å². The summed E-state index contributed by atoms with van der Waals surface area (Å²) in [4.78, 5) is 0. The Kier molecular flexibility index (Phi) is 4.45. The third-order valence-corrected chi connectivity index (χ3v) is 4.61. The highest BCUT2D eigenvalue weighted by atomic mass is 16.5. The highest BCUT2D eigenvalue weighted by molar-refractivity contribution is 5.87. The number of hydrogen-bond donors (Lipinski definition) is 1. The molecule has 0 saturated heterocycles. The zero-order valence-electron chi connectivity index (χ0n) is 13.1. The second-order valence-corrected chi connectivity index (χ2v) is 6.29. The van der Waals surface area contributed by atoms with Crippen molar-refractivity contribution >= 4 is 10.8 Å². The minimum atomic E-state index is 0.387. The van der Waals surface area contributed by atoms with Gasteiger partial charge in [-0.3, -0.25) is 0 Å². The van der Waals surface area contributed by atoms with Crippen LogP contribution in [-0.2, 0) is 6.54 Å². The molecule has 0 radical (unpaired) electrons. The molecule has 1 fully saturated rings. The summed E-state index contributed by atoms with van der Waals surface area (Å²) >= 11 is 0. The molecule has 2 heteroatoms. The van der Waals surface area contributed by atoms with E-state index in [-0.39, 0.29) is 0 Å². The Labute approximate surface area is 127 Å². The average Bonchev–Trinajstić information content (AvgIpc) is 2.52. The lowest BCUT2D eigenvalue weighted by Gasteiger charge is -2.28. The first kappa shape index (κ1) is 14.4. The number of benzene rings is 2. The Morgan fingerprint density at radius 1 is 1.05 bits per heavy atom. The van der Waals surface area contributed by atoms with Crippen molar-refractivity contribution in [2.75, 3.05) is 7.05 Å². The first-order chi connectivity index (χ1) is 10.3. The monoisotopic (exact) mass is 283 g/mol. The van der Waals surface area contributed by atoms with Crippen molar-refractivity contribution in [3.8, 4) is 5.75 Å². The van der Waals surface area contributed by atoms with Crippen LogP contribution in [0.3, 0.4) is 0 Å². The van der Waals surface area contributed by atoms with Crippen molar-refractivity contribution in [3.63, 3.8) is 0 Å². The van der Waals surface area contributed by atoms with Crippen molar-refractivity contribution in [2.45, 2.75) is 45.3 Å². The minimum Gasteiger partial charge on any atom is -0.490 e. The van der Waals surface area contributed by atoms with Gasteiger partial charge in [0.05, 0.1) is 6.10 Å². The summed E-state index contributed by atoms with van der Waals surface area (Å²) < 4.78 is 6.36. The van der Waals surface area contributed by atoms with Crippen LogP contribution in [0.5, 0.6) is 5.75 Å². The number of hydrogen-bond acceptors (Lipinski definition) is 2. The number of fused-ring (bicyclic) bond motifs is 1. The fourth-order valence-corrected chi connectivity index (χ4v) is 3.31. The highest BCUT2D eigenvalue weighted by Gasteiger charge is 2.20. The van der Waals surface area contributed by atoms with E-state index in [4.69, 9.17) is 4.74 Å². The van der Waals surface area contributed by atoms with Crippen molar-refractivity contribution in [1.29, 1.82) is 0 Å². The molecule has 1 aliphatic carbocycles. The zero-order valence-corrected chi connectivity index (χ0v) is 13.1. The highest BCUT2D eigenvalue weighted by Crippen LogP contribution is 2.32. The molecular formula is C19H25NO. The molecule has 2 nitrogen and oxygen atoms in total. The summed E-state index contributed by atoms with van der Waals surface area (Å²) in [5.41, 5.74) is 1.29. The second-order valence-electron chi connectivity index (χ2n) is 6.29. The predicted molar refractivity (Wildman–Crippen MR) is 88.8 cm³/mol. The van der Waals surface area contributed by atoms with Crippen LogP contribution in [0.1, 0.15) is 38.2 Å². The van der Waals surface area contributed by atoms with E-state index in [9.17, 15) is 0 Å². The summed E-state index contributed by atoms with van der Waals surface area (Å²) in [5.74, 6) is 1.92. The molecule has 0 aliphatic heterocycles. The minimum absolute atomic E-state index is 0.387. The standard InChI is InChI=1S/C19H25NO/c1-14-7-10-16(11-8-14)21-19-12-9-15-5-3-4-6-17(15)18(19)13-20-2/h3-6,9,12,14,16,20H,7-8,10-11,13H2,1-2H3. The molecular weight excluding hydrogens is 258 g/mol. The maximum absolute atomic E-state index is 6.36. The van der Waals surface area contributed by atoms with Gasteiger partial charge in [-0.15, -0.1) is 0 Å². The van der Waals surface area contributed by atoms with Crippen LogP contribution in [-0.4, -0.2) is 13.2 Å². The van der Waals surface area contributed by atoms with Crippen LogP contribution in [0.2, 0.25) is 0 Å². The van der Waals surface area contributed by atoms with Crippen molar-refractivity contribution in [3.05, 3.63) is 42.0 Å². The summed E-state index contributed by atoms with van der Waals surface area (Å²) in [6.07, 6.45) is 5.34. The maximum atomic E-state index is 6.36. The van der Waals surface area contributed by atoms with Gasteiger partial charge in [0, 0.05) is 12.1 Å². The van der Waals surface area contributed by atoms with Gasteiger partial charge in [-0.05, 0) is 55.5 Å². The Morgan fingerprint density at radius 3 is 2.57 bits per heavy atom. The first-order valence-electron chi connectivity index (χ1n) is 8.10. The van der Waals surface area contributed by atoms with Crippen LogP contribution >= 0.6 is 0 Å². The molecule has 0 heterocycles. The van der Waals surface area contributed by atoms with Crippen LogP contribution in [0.25, 0.3) is 10.8 Å². The van der Waals surface area contributed by atoms with Crippen molar-refractivity contribution < 1.29 is 4.74 Å².